The summed E-state index contributed by atoms with van der Waals surface area (Å²) < 4.78 is 13.2. The van der Waals surface area contributed by atoms with Gasteiger partial charge in [-0.15, -0.1) is 0 Å². The average molecular weight is 281 g/mol. The van der Waals surface area contributed by atoms with Gasteiger partial charge < -0.3 is 14.8 Å². The van der Waals surface area contributed by atoms with E-state index in [1.54, 1.807) is 13.3 Å². The van der Waals surface area contributed by atoms with Gasteiger partial charge in [-0.3, -0.25) is 4.68 Å². The second kappa shape index (κ2) is 7.64. The third-order valence-electron chi connectivity index (χ3n) is 4.00. The highest BCUT2D eigenvalue weighted by Crippen LogP contribution is 2.29. The molecule has 5 nitrogen and oxygen atoms in total. The zero-order valence-electron chi connectivity index (χ0n) is 12.9. The van der Waals surface area contributed by atoms with Crippen LogP contribution < -0.4 is 10.1 Å². The number of hydrogen-bond donors (Lipinski definition) is 1. The van der Waals surface area contributed by atoms with Gasteiger partial charge in [-0.1, -0.05) is 6.92 Å². The molecule has 1 saturated heterocycles. The molecule has 1 aliphatic rings. The predicted molar refractivity (Wildman–Crippen MR) is 79.0 cm³/mol. The summed E-state index contributed by atoms with van der Waals surface area (Å²) in [6, 6.07) is 0.271. The summed E-state index contributed by atoms with van der Waals surface area (Å²) in [7, 11) is 3.67. The lowest BCUT2D eigenvalue weighted by molar-refractivity contribution is 0.00840. The largest absolute Gasteiger partial charge is 0.493 e. The summed E-state index contributed by atoms with van der Waals surface area (Å²) in [5.74, 6) is 0.864. The Morgan fingerprint density at radius 3 is 3.05 bits per heavy atom. The molecular formula is C15H27N3O2. The zero-order valence-corrected chi connectivity index (χ0v) is 12.9. The highest BCUT2D eigenvalue weighted by molar-refractivity contribution is 5.28. The predicted octanol–water partition coefficient (Wildman–Crippen LogP) is 2.43. The molecule has 1 fully saturated rings. The molecule has 0 saturated carbocycles. The molecule has 0 amide bonds. The maximum absolute atomic E-state index is 5.83. The molecule has 1 aromatic heterocycles. The number of hydrogen-bond acceptors (Lipinski definition) is 4. The van der Waals surface area contributed by atoms with Crippen LogP contribution in [0, 0.1) is 0 Å². The Bertz CT molecular complexity index is 400. The molecule has 0 aromatic carbocycles. The zero-order chi connectivity index (χ0) is 14.4. The van der Waals surface area contributed by atoms with E-state index in [-0.39, 0.29) is 6.04 Å². The first-order valence-corrected chi connectivity index (χ1v) is 7.67. The molecule has 114 valence electrons. The Labute approximate surface area is 121 Å². The minimum Gasteiger partial charge on any atom is -0.493 e. The third kappa shape index (κ3) is 3.73. The van der Waals surface area contributed by atoms with E-state index in [0.29, 0.717) is 6.10 Å². The fourth-order valence-electron chi connectivity index (χ4n) is 2.95. The Balaban J connectivity index is 2.00. The van der Waals surface area contributed by atoms with Crippen molar-refractivity contribution in [1.82, 2.24) is 15.1 Å². The normalized spacial score (nSPS) is 20.9. The smallest absolute Gasteiger partial charge is 0.161 e. The first kappa shape index (κ1) is 15.3. The van der Waals surface area contributed by atoms with Gasteiger partial charge >= 0.3 is 0 Å². The second-order valence-corrected chi connectivity index (χ2v) is 5.40. The highest BCUT2D eigenvalue weighted by Gasteiger charge is 2.22. The van der Waals surface area contributed by atoms with Crippen LogP contribution in [0.5, 0.6) is 5.75 Å². The van der Waals surface area contributed by atoms with Gasteiger partial charge in [-0.2, -0.15) is 5.10 Å². The van der Waals surface area contributed by atoms with E-state index in [9.17, 15) is 0 Å². The van der Waals surface area contributed by atoms with E-state index in [1.807, 2.05) is 11.7 Å². The summed E-state index contributed by atoms with van der Waals surface area (Å²) in [6.45, 7) is 3.99. The lowest BCUT2D eigenvalue weighted by Crippen LogP contribution is -2.26. The van der Waals surface area contributed by atoms with Gasteiger partial charge in [0, 0.05) is 13.7 Å². The van der Waals surface area contributed by atoms with Gasteiger partial charge in [-0.05, 0) is 38.6 Å². The Morgan fingerprint density at radius 2 is 2.40 bits per heavy atom. The highest BCUT2D eigenvalue weighted by atomic mass is 16.5. The second-order valence-electron chi connectivity index (χ2n) is 5.40. The molecule has 5 heteroatoms. The van der Waals surface area contributed by atoms with E-state index in [0.717, 1.165) is 37.4 Å². The molecule has 0 bridgehead atoms. The van der Waals surface area contributed by atoms with Crippen molar-refractivity contribution in [2.24, 2.45) is 7.05 Å². The standard InChI is InChI=1S/C15H27N3O2/c1-4-16-13(9-8-12-7-5-6-10-20-12)15-14(19-3)11-17-18(15)2/h11-13,16H,4-10H2,1-3H3. The molecule has 1 N–H and O–H groups in total. The number of rotatable bonds is 7. The summed E-state index contributed by atoms with van der Waals surface area (Å²) >= 11 is 0. The molecule has 0 spiro atoms. The van der Waals surface area contributed by atoms with Crippen LogP contribution in [0.3, 0.4) is 0 Å². The summed E-state index contributed by atoms with van der Waals surface area (Å²) in [4.78, 5) is 0. The first-order valence-electron chi connectivity index (χ1n) is 7.67. The van der Waals surface area contributed by atoms with Crippen molar-refractivity contribution < 1.29 is 9.47 Å². The molecule has 2 heterocycles. The number of nitrogens with zero attached hydrogens (tertiary/aromatic N) is 2. The Hall–Kier alpha value is -1.07. The summed E-state index contributed by atoms with van der Waals surface area (Å²) in [6.07, 6.45) is 8.05. The van der Waals surface area contributed by atoms with Crippen molar-refractivity contribution in [3.8, 4) is 5.75 Å². The summed E-state index contributed by atoms with van der Waals surface area (Å²) in [5.41, 5.74) is 1.13. The van der Waals surface area contributed by atoms with Gasteiger partial charge in [0.15, 0.2) is 5.75 Å². The van der Waals surface area contributed by atoms with Crippen LogP contribution >= 0.6 is 0 Å². The fraction of sp³-hybridized carbons (Fsp3) is 0.800. The van der Waals surface area contributed by atoms with Crippen molar-refractivity contribution in [2.75, 3.05) is 20.3 Å². The maximum atomic E-state index is 5.83. The fourth-order valence-corrected chi connectivity index (χ4v) is 2.95. The molecule has 2 atom stereocenters. The molecule has 2 rings (SSSR count). The van der Waals surface area contributed by atoms with Crippen molar-refractivity contribution in [2.45, 2.75) is 51.2 Å². The lowest BCUT2D eigenvalue weighted by atomic mass is 9.99. The Kier molecular flexibility index (Phi) is 5.86. The van der Waals surface area contributed by atoms with Gasteiger partial charge in [-0.25, -0.2) is 0 Å². The minimum atomic E-state index is 0.271. The Morgan fingerprint density at radius 1 is 1.55 bits per heavy atom. The number of ether oxygens (including phenoxy) is 2. The SMILES string of the molecule is CCNC(CCC1CCCCO1)c1c(OC)cnn1C. The van der Waals surface area contributed by atoms with E-state index >= 15 is 0 Å². The van der Waals surface area contributed by atoms with E-state index in [1.165, 1.54) is 19.3 Å². The van der Waals surface area contributed by atoms with Crippen LogP contribution in [0.2, 0.25) is 0 Å². The van der Waals surface area contributed by atoms with E-state index < -0.39 is 0 Å². The molecule has 0 radical (unpaired) electrons. The maximum Gasteiger partial charge on any atom is 0.161 e. The van der Waals surface area contributed by atoms with Crippen molar-refractivity contribution >= 4 is 0 Å². The van der Waals surface area contributed by atoms with Gasteiger partial charge in [0.05, 0.1) is 31.1 Å². The minimum absolute atomic E-state index is 0.271. The van der Waals surface area contributed by atoms with E-state index in [2.05, 4.69) is 17.3 Å². The van der Waals surface area contributed by atoms with Crippen LogP contribution in [-0.2, 0) is 11.8 Å². The molecule has 2 unspecified atom stereocenters. The van der Waals surface area contributed by atoms with Crippen LogP contribution in [0.1, 0.15) is 50.8 Å². The molecule has 1 aliphatic heterocycles. The number of nitrogens with one attached hydrogen (secondary N) is 1. The number of aromatic nitrogens is 2. The molecule has 1 aromatic rings. The summed E-state index contributed by atoms with van der Waals surface area (Å²) in [5, 5.41) is 7.85. The number of methoxy groups -OCH3 is 1. The average Bonchev–Trinajstić information content (AvgIpc) is 2.85. The lowest BCUT2D eigenvalue weighted by Gasteiger charge is -2.25. The van der Waals surface area contributed by atoms with Gasteiger partial charge in [0.25, 0.3) is 0 Å². The van der Waals surface area contributed by atoms with Gasteiger partial charge in [0.2, 0.25) is 0 Å². The first-order chi connectivity index (χ1) is 9.76. The van der Waals surface area contributed by atoms with Gasteiger partial charge in [0.1, 0.15) is 0 Å². The van der Waals surface area contributed by atoms with Crippen LogP contribution in [0.15, 0.2) is 6.20 Å². The number of aryl methyl sites for hydroxylation is 1. The van der Waals surface area contributed by atoms with Crippen LogP contribution in [-0.4, -0.2) is 36.1 Å². The van der Waals surface area contributed by atoms with Crippen LogP contribution in [0.4, 0.5) is 0 Å². The molecule has 0 aliphatic carbocycles. The quantitative estimate of drug-likeness (QED) is 0.834. The monoisotopic (exact) mass is 281 g/mol. The molecule has 20 heavy (non-hydrogen) atoms. The molecular weight excluding hydrogens is 254 g/mol. The van der Waals surface area contributed by atoms with Crippen molar-refractivity contribution in [3.05, 3.63) is 11.9 Å². The van der Waals surface area contributed by atoms with Crippen molar-refractivity contribution in [1.29, 1.82) is 0 Å². The van der Waals surface area contributed by atoms with Crippen molar-refractivity contribution in [3.63, 3.8) is 0 Å². The third-order valence-corrected chi connectivity index (χ3v) is 4.00. The van der Waals surface area contributed by atoms with E-state index in [4.69, 9.17) is 9.47 Å². The topological polar surface area (TPSA) is 48.3 Å². The van der Waals surface area contributed by atoms with Crippen LogP contribution in [0.25, 0.3) is 0 Å².